The number of carbonyl (C=O) groups excluding carboxylic acids is 1. The number of thiazole rings is 1. The molecule has 0 bridgehead atoms. The molecular formula is C19H24N4OS. The van der Waals surface area contributed by atoms with Crippen LogP contribution in [0.15, 0.2) is 23.7 Å². The highest BCUT2D eigenvalue weighted by Gasteiger charge is 2.22. The molecule has 0 unspecified atom stereocenters. The van der Waals surface area contributed by atoms with Gasteiger partial charge >= 0.3 is 0 Å². The van der Waals surface area contributed by atoms with Crippen LogP contribution in [0, 0.1) is 19.8 Å². The number of benzene rings is 1. The number of hydrogen-bond donors (Lipinski definition) is 2. The van der Waals surface area contributed by atoms with Crippen molar-refractivity contribution in [2.75, 3.05) is 0 Å². The van der Waals surface area contributed by atoms with Crippen molar-refractivity contribution in [3.63, 3.8) is 0 Å². The summed E-state index contributed by atoms with van der Waals surface area (Å²) < 4.78 is 0. The monoisotopic (exact) mass is 356 g/mol. The molecule has 0 aliphatic rings. The fourth-order valence-electron chi connectivity index (χ4n) is 2.88. The highest BCUT2D eigenvalue weighted by molar-refractivity contribution is 7.09. The van der Waals surface area contributed by atoms with Crippen LogP contribution in [0.1, 0.15) is 48.3 Å². The van der Waals surface area contributed by atoms with Gasteiger partial charge in [0.05, 0.1) is 28.3 Å². The molecule has 0 spiro atoms. The molecule has 6 heteroatoms. The molecule has 2 heterocycles. The molecule has 1 aromatic carbocycles. The van der Waals surface area contributed by atoms with E-state index >= 15 is 0 Å². The summed E-state index contributed by atoms with van der Waals surface area (Å²) in [5, 5.41) is 3.14. The molecule has 2 N–H and O–H groups in total. The van der Waals surface area contributed by atoms with Crippen LogP contribution in [-0.2, 0) is 11.2 Å². The molecular weight excluding hydrogens is 332 g/mol. The zero-order valence-corrected chi connectivity index (χ0v) is 15.9. The van der Waals surface area contributed by atoms with Crippen molar-refractivity contribution in [1.82, 2.24) is 20.3 Å². The van der Waals surface area contributed by atoms with Crippen molar-refractivity contribution in [3.8, 4) is 0 Å². The lowest BCUT2D eigenvalue weighted by molar-refractivity contribution is -0.122. The Morgan fingerprint density at radius 2 is 2.12 bits per heavy atom. The number of rotatable bonds is 6. The lowest BCUT2D eigenvalue weighted by Gasteiger charge is -2.20. The molecule has 0 saturated carbocycles. The topological polar surface area (TPSA) is 70.7 Å². The van der Waals surface area contributed by atoms with Gasteiger partial charge in [-0.05, 0) is 43.9 Å². The third kappa shape index (κ3) is 4.07. The Labute approximate surface area is 151 Å². The highest BCUT2D eigenvalue weighted by Crippen LogP contribution is 2.23. The Bertz CT molecular complexity index is 881. The van der Waals surface area contributed by atoms with E-state index in [-0.39, 0.29) is 17.9 Å². The molecule has 5 nitrogen and oxygen atoms in total. The van der Waals surface area contributed by atoms with E-state index < -0.39 is 0 Å². The van der Waals surface area contributed by atoms with Gasteiger partial charge < -0.3 is 10.3 Å². The lowest BCUT2D eigenvalue weighted by Crippen LogP contribution is -2.32. The summed E-state index contributed by atoms with van der Waals surface area (Å²) in [5.74, 6) is 1.11. The number of H-pyrrole nitrogens is 1. The van der Waals surface area contributed by atoms with Gasteiger partial charge in [0.25, 0.3) is 0 Å². The van der Waals surface area contributed by atoms with Crippen LogP contribution in [0.2, 0.25) is 0 Å². The van der Waals surface area contributed by atoms with Crippen molar-refractivity contribution in [2.45, 2.75) is 46.6 Å². The average Bonchev–Trinajstić information content (AvgIpc) is 3.15. The molecule has 3 aromatic rings. The Morgan fingerprint density at radius 3 is 2.80 bits per heavy atom. The predicted octanol–water partition coefficient (Wildman–Crippen LogP) is 4.08. The minimum absolute atomic E-state index is 0.0446. The predicted molar refractivity (Wildman–Crippen MR) is 102 cm³/mol. The average molecular weight is 356 g/mol. The molecule has 0 aliphatic carbocycles. The SMILES string of the molecule is Cc1ccc2nc([C@@H](NC(=O)CCc3scnc3C)C(C)C)[nH]c2c1. The van der Waals surface area contributed by atoms with Gasteiger partial charge in [-0.3, -0.25) is 4.79 Å². The van der Waals surface area contributed by atoms with E-state index in [2.05, 4.69) is 47.1 Å². The summed E-state index contributed by atoms with van der Waals surface area (Å²) in [5.41, 5.74) is 5.98. The van der Waals surface area contributed by atoms with Gasteiger partial charge in [0, 0.05) is 11.3 Å². The number of aryl methyl sites for hydroxylation is 3. The zero-order chi connectivity index (χ0) is 18.0. The van der Waals surface area contributed by atoms with Crippen LogP contribution in [0.25, 0.3) is 11.0 Å². The van der Waals surface area contributed by atoms with Gasteiger partial charge in [0.15, 0.2) is 0 Å². The number of imidazole rings is 1. The maximum Gasteiger partial charge on any atom is 0.220 e. The molecule has 0 aliphatic heterocycles. The quantitative estimate of drug-likeness (QED) is 0.699. The number of carbonyl (C=O) groups is 1. The van der Waals surface area contributed by atoms with Crippen LogP contribution in [0.3, 0.4) is 0 Å². The maximum atomic E-state index is 12.4. The summed E-state index contributed by atoms with van der Waals surface area (Å²) in [6.07, 6.45) is 1.19. The van der Waals surface area contributed by atoms with Gasteiger partial charge in [-0.1, -0.05) is 19.9 Å². The van der Waals surface area contributed by atoms with Crippen molar-refractivity contribution >= 4 is 28.3 Å². The lowest BCUT2D eigenvalue weighted by atomic mass is 10.0. The minimum Gasteiger partial charge on any atom is -0.346 e. The Morgan fingerprint density at radius 1 is 1.32 bits per heavy atom. The Hall–Kier alpha value is -2.21. The van der Waals surface area contributed by atoms with Gasteiger partial charge in [0.1, 0.15) is 5.82 Å². The summed E-state index contributed by atoms with van der Waals surface area (Å²) in [6, 6.07) is 6.02. The second kappa shape index (κ2) is 7.35. The first-order chi connectivity index (χ1) is 11.9. The molecule has 0 saturated heterocycles. The molecule has 0 radical (unpaired) electrons. The van der Waals surface area contributed by atoms with Crippen LogP contribution in [0.4, 0.5) is 0 Å². The van der Waals surface area contributed by atoms with E-state index in [0.29, 0.717) is 6.42 Å². The number of amides is 1. The third-order valence-electron chi connectivity index (χ3n) is 4.36. The molecule has 2 aromatic heterocycles. The number of aromatic nitrogens is 3. The fourth-order valence-corrected chi connectivity index (χ4v) is 3.66. The zero-order valence-electron chi connectivity index (χ0n) is 15.1. The number of fused-ring (bicyclic) bond motifs is 1. The van der Waals surface area contributed by atoms with Crippen LogP contribution >= 0.6 is 11.3 Å². The smallest absolute Gasteiger partial charge is 0.220 e. The van der Waals surface area contributed by atoms with E-state index in [4.69, 9.17) is 0 Å². The van der Waals surface area contributed by atoms with Gasteiger partial charge in [-0.25, -0.2) is 9.97 Å². The van der Waals surface area contributed by atoms with Crippen molar-refractivity contribution in [2.24, 2.45) is 5.92 Å². The second-order valence-electron chi connectivity index (χ2n) is 6.79. The summed E-state index contributed by atoms with van der Waals surface area (Å²) in [6.45, 7) is 8.23. The molecule has 3 rings (SSSR count). The number of hydrogen-bond acceptors (Lipinski definition) is 4. The van der Waals surface area contributed by atoms with E-state index in [1.807, 2.05) is 24.6 Å². The standard InChI is InChI=1S/C19H24N4OS/c1-11(2)18(19-21-14-6-5-12(3)9-15(14)22-19)23-17(24)8-7-16-13(4)20-10-25-16/h5-6,9-11,18H,7-8H2,1-4H3,(H,21,22)(H,23,24)/t18-/m0/s1. The van der Waals surface area contributed by atoms with Crippen molar-refractivity contribution in [1.29, 1.82) is 0 Å². The Kier molecular flexibility index (Phi) is 5.18. The second-order valence-corrected chi connectivity index (χ2v) is 7.73. The van der Waals surface area contributed by atoms with Crippen molar-refractivity contribution < 1.29 is 4.79 Å². The maximum absolute atomic E-state index is 12.4. The van der Waals surface area contributed by atoms with Gasteiger partial charge in [-0.15, -0.1) is 11.3 Å². The number of nitrogens with zero attached hydrogens (tertiary/aromatic N) is 2. The molecule has 25 heavy (non-hydrogen) atoms. The molecule has 1 atom stereocenters. The summed E-state index contributed by atoms with van der Waals surface area (Å²) in [4.78, 5) is 25.9. The highest BCUT2D eigenvalue weighted by atomic mass is 32.1. The van der Waals surface area contributed by atoms with Gasteiger partial charge in [0.2, 0.25) is 5.91 Å². The number of nitrogens with one attached hydrogen (secondary N) is 2. The fraction of sp³-hybridized carbons (Fsp3) is 0.421. The molecule has 132 valence electrons. The third-order valence-corrected chi connectivity index (χ3v) is 5.35. The Balaban J connectivity index is 1.71. The molecule has 0 fully saturated rings. The van der Waals surface area contributed by atoms with E-state index in [1.54, 1.807) is 11.3 Å². The minimum atomic E-state index is -0.122. The van der Waals surface area contributed by atoms with Crippen molar-refractivity contribution in [3.05, 3.63) is 45.7 Å². The molecule has 1 amide bonds. The first-order valence-corrected chi connectivity index (χ1v) is 9.46. The van der Waals surface area contributed by atoms with E-state index in [9.17, 15) is 4.79 Å². The van der Waals surface area contributed by atoms with Crippen LogP contribution in [-0.4, -0.2) is 20.9 Å². The van der Waals surface area contributed by atoms with E-state index in [0.717, 1.165) is 29.0 Å². The first-order valence-electron chi connectivity index (χ1n) is 8.58. The van der Waals surface area contributed by atoms with Crippen LogP contribution in [0.5, 0.6) is 0 Å². The normalized spacial score (nSPS) is 12.7. The first kappa shape index (κ1) is 17.6. The largest absolute Gasteiger partial charge is 0.346 e. The van der Waals surface area contributed by atoms with Gasteiger partial charge in [-0.2, -0.15) is 0 Å². The van der Waals surface area contributed by atoms with E-state index in [1.165, 1.54) is 10.4 Å². The summed E-state index contributed by atoms with van der Waals surface area (Å²) in [7, 11) is 0. The number of aromatic amines is 1. The van der Waals surface area contributed by atoms with Crippen LogP contribution < -0.4 is 5.32 Å². The summed E-state index contributed by atoms with van der Waals surface area (Å²) >= 11 is 1.61.